The Morgan fingerprint density at radius 2 is 2.20 bits per heavy atom. The Bertz CT molecular complexity index is 361. The summed E-state index contributed by atoms with van der Waals surface area (Å²) in [5, 5.41) is 3.20. The molecule has 1 rings (SSSR count). The number of hydrogen-bond acceptors (Lipinski definition) is 3. The number of halogens is 1. The third-order valence-corrected chi connectivity index (χ3v) is 2.21. The van der Waals surface area contributed by atoms with E-state index in [-0.39, 0.29) is 0 Å². The minimum atomic E-state index is 0.327. The van der Waals surface area contributed by atoms with Gasteiger partial charge in [-0.2, -0.15) is 0 Å². The summed E-state index contributed by atoms with van der Waals surface area (Å²) in [5.74, 6) is 2.00. The van der Waals surface area contributed by atoms with Crippen molar-refractivity contribution in [2.24, 2.45) is 0 Å². The van der Waals surface area contributed by atoms with E-state index in [9.17, 15) is 0 Å². The molecule has 0 aliphatic carbocycles. The zero-order valence-corrected chi connectivity index (χ0v) is 10.9. The highest BCUT2D eigenvalue weighted by Crippen LogP contribution is 2.17. The van der Waals surface area contributed by atoms with E-state index in [1.165, 1.54) is 0 Å². The topological polar surface area (TPSA) is 37.8 Å². The van der Waals surface area contributed by atoms with Crippen LogP contribution in [0.25, 0.3) is 0 Å². The summed E-state index contributed by atoms with van der Waals surface area (Å²) in [6, 6.07) is 1.87. The summed E-state index contributed by atoms with van der Waals surface area (Å²) in [7, 11) is 0. The van der Waals surface area contributed by atoms with Crippen molar-refractivity contribution in [3.63, 3.8) is 0 Å². The predicted octanol–water partition coefficient (Wildman–Crippen LogP) is 3.35. The third-order valence-electron chi connectivity index (χ3n) is 1.80. The first kappa shape index (κ1) is 12.2. The highest BCUT2D eigenvalue weighted by molar-refractivity contribution is 9.10. The van der Waals surface area contributed by atoms with Gasteiger partial charge in [-0.25, -0.2) is 9.97 Å². The summed E-state index contributed by atoms with van der Waals surface area (Å²) in [5.41, 5.74) is 1.08. The zero-order chi connectivity index (χ0) is 11.4. The Labute approximate surface area is 99.2 Å². The Hall–Kier alpha value is -0.900. The van der Waals surface area contributed by atoms with E-state index >= 15 is 0 Å². The van der Waals surface area contributed by atoms with Gasteiger partial charge in [0.05, 0.1) is 0 Å². The van der Waals surface area contributed by atoms with Gasteiger partial charge < -0.3 is 5.32 Å². The molecule has 0 aliphatic heterocycles. The molecular weight excluding hydrogens is 254 g/mol. The third kappa shape index (κ3) is 4.00. The highest BCUT2D eigenvalue weighted by atomic mass is 79.9. The van der Waals surface area contributed by atoms with Gasteiger partial charge in [0, 0.05) is 18.5 Å². The molecule has 0 aromatic carbocycles. The van der Waals surface area contributed by atoms with Crippen molar-refractivity contribution in [2.45, 2.75) is 26.7 Å². The number of aromatic nitrogens is 2. The van der Waals surface area contributed by atoms with Crippen molar-refractivity contribution in [1.29, 1.82) is 0 Å². The second-order valence-corrected chi connectivity index (χ2v) is 4.71. The number of nitrogens with zero attached hydrogens (tertiary/aromatic N) is 2. The maximum atomic E-state index is 4.41. The minimum Gasteiger partial charge on any atom is -0.366 e. The smallest absolute Gasteiger partial charge is 0.134 e. The molecule has 0 unspecified atom stereocenters. The average Bonchev–Trinajstić information content (AvgIpc) is 2.13. The largest absolute Gasteiger partial charge is 0.366 e. The van der Waals surface area contributed by atoms with E-state index in [2.05, 4.69) is 51.6 Å². The molecule has 0 spiro atoms. The summed E-state index contributed by atoms with van der Waals surface area (Å²) in [6.07, 6.45) is 0. The zero-order valence-electron chi connectivity index (χ0n) is 9.34. The van der Waals surface area contributed by atoms with Gasteiger partial charge in [-0.3, -0.25) is 0 Å². The monoisotopic (exact) mass is 269 g/mol. The Morgan fingerprint density at radius 1 is 1.53 bits per heavy atom. The number of rotatable bonds is 4. The second kappa shape index (κ2) is 5.26. The average molecular weight is 270 g/mol. The van der Waals surface area contributed by atoms with Crippen LogP contribution in [0.15, 0.2) is 22.8 Å². The van der Waals surface area contributed by atoms with Crippen LogP contribution in [0.3, 0.4) is 0 Å². The predicted molar refractivity (Wildman–Crippen MR) is 67.1 cm³/mol. The van der Waals surface area contributed by atoms with Gasteiger partial charge in [0.1, 0.15) is 16.2 Å². The maximum absolute atomic E-state index is 4.41. The van der Waals surface area contributed by atoms with Crippen LogP contribution in [-0.2, 0) is 0 Å². The molecule has 1 aromatic heterocycles. The lowest BCUT2D eigenvalue weighted by molar-refractivity contribution is 0.770. The van der Waals surface area contributed by atoms with Crippen molar-refractivity contribution in [1.82, 2.24) is 9.97 Å². The van der Waals surface area contributed by atoms with Crippen molar-refractivity contribution in [2.75, 3.05) is 11.9 Å². The molecule has 3 nitrogen and oxygen atoms in total. The summed E-state index contributed by atoms with van der Waals surface area (Å²) < 4.78 is 0.811. The van der Waals surface area contributed by atoms with Crippen LogP contribution in [0.1, 0.15) is 32.5 Å². The van der Waals surface area contributed by atoms with Crippen LogP contribution in [-0.4, -0.2) is 16.5 Å². The second-order valence-electron chi connectivity index (χ2n) is 3.90. The summed E-state index contributed by atoms with van der Waals surface area (Å²) >= 11 is 3.37. The van der Waals surface area contributed by atoms with Crippen LogP contribution >= 0.6 is 15.9 Å². The summed E-state index contributed by atoms with van der Waals surface area (Å²) in [6.45, 7) is 10.7. The fraction of sp³-hybridized carbons (Fsp3) is 0.455. The van der Waals surface area contributed by atoms with Gasteiger partial charge in [0.25, 0.3) is 0 Å². The summed E-state index contributed by atoms with van der Waals surface area (Å²) in [4.78, 5) is 8.72. The van der Waals surface area contributed by atoms with E-state index < -0.39 is 0 Å². The molecule has 0 saturated carbocycles. The first-order valence-electron chi connectivity index (χ1n) is 4.91. The fourth-order valence-corrected chi connectivity index (χ4v) is 1.42. The lowest BCUT2D eigenvalue weighted by Gasteiger charge is -2.09. The SMILES string of the molecule is C=C(C)CNc1cc(Br)nc(C(C)C)n1. The first-order valence-corrected chi connectivity index (χ1v) is 5.71. The lowest BCUT2D eigenvalue weighted by Crippen LogP contribution is -2.07. The molecule has 82 valence electrons. The molecule has 0 atom stereocenters. The van der Waals surface area contributed by atoms with Crippen molar-refractivity contribution in [3.05, 3.63) is 28.6 Å². The molecule has 15 heavy (non-hydrogen) atoms. The Morgan fingerprint density at radius 3 is 2.73 bits per heavy atom. The van der Waals surface area contributed by atoms with Crippen molar-refractivity contribution in [3.8, 4) is 0 Å². The molecule has 0 aliphatic rings. The van der Waals surface area contributed by atoms with E-state index in [0.29, 0.717) is 5.92 Å². The molecule has 0 fully saturated rings. The van der Waals surface area contributed by atoms with Crippen LogP contribution in [0.4, 0.5) is 5.82 Å². The minimum absolute atomic E-state index is 0.327. The van der Waals surface area contributed by atoms with Crippen LogP contribution in [0.5, 0.6) is 0 Å². The highest BCUT2D eigenvalue weighted by Gasteiger charge is 2.06. The Kier molecular flexibility index (Phi) is 4.27. The number of hydrogen-bond donors (Lipinski definition) is 1. The fourth-order valence-electron chi connectivity index (χ4n) is 1.03. The van der Waals surface area contributed by atoms with Gasteiger partial charge in [-0.1, -0.05) is 26.0 Å². The van der Waals surface area contributed by atoms with E-state index in [1.54, 1.807) is 0 Å². The molecule has 0 bridgehead atoms. The molecule has 0 amide bonds. The molecule has 0 saturated heterocycles. The van der Waals surface area contributed by atoms with Crippen LogP contribution in [0.2, 0.25) is 0 Å². The lowest BCUT2D eigenvalue weighted by atomic mass is 10.2. The maximum Gasteiger partial charge on any atom is 0.134 e. The molecule has 1 aromatic rings. The van der Waals surface area contributed by atoms with Gasteiger partial charge in [0.15, 0.2) is 0 Å². The molecule has 4 heteroatoms. The normalized spacial score (nSPS) is 10.5. The van der Waals surface area contributed by atoms with Gasteiger partial charge >= 0.3 is 0 Å². The number of nitrogens with one attached hydrogen (secondary N) is 1. The van der Waals surface area contributed by atoms with E-state index in [0.717, 1.165) is 28.4 Å². The quantitative estimate of drug-likeness (QED) is 0.673. The first-order chi connectivity index (χ1) is 6.99. The van der Waals surface area contributed by atoms with Crippen LogP contribution < -0.4 is 5.32 Å². The molecule has 1 heterocycles. The molecule has 0 radical (unpaired) electrons. The van der Waals surface area contributed by atoms with E-state index in [4.69, 9.17) is 0 Å². The van der Waals surface area contributed by atoms with Crippen molar-refractivity contribution < 1.29 is 0 Å². The number of anilines is 1. The van der Waals surface area contributed by atoms with Gasteiger partial charge in [0.2, 0.25) is 0 Å². The van der Waals surface area contributed by atoms with Gasteiger partial charge in [-0.15, -0.1) is 0 Å². The van der Waals surface area contributed by atoms with Crippen molar-refractivity contribution >= 4 is 21.7 Å². The van der Waals surface area contributed by atoms with Crippen LogP contribution in [0, 0.1) is 0 Å². The van der Waals surface area contributed by atoms with E-state index in [1.807, 2.05) is 13.0 Å². The Balaban J connectivity index is 2.84. The standard InChI is InChI=1S/C11H16BrN3/c1-7(2)6-13-10-5-9(12)14-11(15-10)8(3)4/h5,8H,1,6H2,2-4H3,(H,13,14,15). The molecule has 1 N–H and O–H groups in total. The molecular formula is C11H16BrN3. The van der Waals surface area contributed by atoms with Gasteiger partial charge in [-0.05, 0) is 22.9 Å².